The SMILES string of the molecule is COC(=O)C1COCCN1CC1CN(CC(C)C)CCO1. The molecule has 0 aromatic carbocycles. The number of esters is 1. The van der Waals surface area contributed by atoms with E-state index in [9.17, 15) is 4.79 Å². The zero-order valence-corrected chi connectivity index (χ0v) is 13.4. The van der Waals surface area contributed by atoms with Crippen LogP contribution in [-0.4, -0.2) is 87.6 Å². The molecule has 2 saturated heterocycles. The second-order valence-corrected chi connectivity index (χ2v) is 6.26. The molecular formula is C15H28N2O4. The van der Waals surface area contributed by atoms with E-state index in [0.29, 0.717) is 19.1 Å². The lowest BCUT2D eigenvalue weighted by Gasteiger charge is -2.39. The first-order valence-corrected chi connectivity index (χ1v) is 7.83. The first-order chi connectivity index (χ1) is 10.1. The molecule has 2 aliphatic heterocycles. The van der Waals surface area contributed by atoms with Crippen molar-refractivity contribution in [1.29, 1.82) is 0 Å². The first-order valence-electron chi connectivity index (χ1n) is 7.83. The van der Waals surface area contributed by atoms with Crippen LogP contribution in [0.25, 0.3) is 0 Å². The van der Waals surface area contributed by atoms with E-state index in [1.54, 1.807) is 0 Å². The van der Waals surface area contributed by atoms with Gasteiger partial charge in [0.2, 0.25) is 0 Å². The Kier molecular flexibility index (Phi) is 6.41. The summed E-state index contributed by atoms with van der Waals surface area (Å²) in [5, 5.41) is 0. The number of ether oxygens (including phenoxy) is 3. The van der Waals surface area contributed by atoms with Gasteiger partial charge in [0.05, 0.1) is 33.0 Å². The predicted molar refractivity (Wildman–Crippen MR) is 79.2 cm³/mol. The minimum Gasteiger partial charge on any atom is -0.468 e. The molecule has 2 aliphatic rings. The molecule has 0 bridgehead atoms. The monoisotopic (exact) mass is 300 g/mol. The van der Waals surface area contributed by atoms with Crippen LogP contribution in [0.5, 0.6) is 0 Å². The molecule has 2 rings (SSSR count). The lowest BCUT2D eigenvalue weighted by Crippen LogP contribution is -2.55. The average Bonchev–Trinajstić information content (AvgIpc) is 2.47. The Balaban J connectivity index is 1.87. The van der Waals surface area contributed by atoms with Gasteiger partial charge in [-0.05, 0) is 5.92 Å². The fourth-order valence-electron chi connectivity index (χ4n) is 3.04. The molecule has 6 heteroatoms. The second-order valence-electron chi connectivity index (χ2n) is 6.26. The molecule has 21 heavy (non-hydrogen) atoms. The summed E-state index contributed by atoms with van der Waals surface area (Å²) >= 11 is 0. The highest BCUT2D eigenvalue weighted by atomic mass is 16.5. The van der Waals surface area contributed by atoms with E-state index in [1.807, 2.05) is 0 Å². The molecule has 0 amide bonds. The van der Waals surface area contributed by atoms with Gasteiger partial charge in [0.1, 0.15) is 6.04 Å². The van der Waals surface area contributed by atoms with Gasteiger partial charge in [0.15, 0.2) is 0 Å². The number of hydrogen-bond acceptors (Lipinski definition) is 6. The first kappa shape index (κ1) is 16.7. The van der Waals surface area contributed by atoms with Gasteiger partial charge in [0.25, 0.3) is 0 Å². The Morgan fingerprint density at radius 1 is 1.33 bits per heavy atom. The fraction of sp³-hybridized carbons (Fsp3) is 0.933. The van der Waals surface area contributed by atoms with Crippen molar-refractivity contribution in [2.75, 3.05) is 59.7 Å². The van der Waals surface area contributed by atoms with Crippen LogP contribution in [0.4, 0.5) is 0 Å². The minimum absolute atomic E-state index is 0.155. The van der Waals surface area contributed by atoms with Crippen LogP contribution >= 0.6 is 0 Å². The van der Waals surface area contributed by atoms with Gasteiger partial charge < -0.3 is 14.2 Å². The van der Waals surface area contributed by atoms with Crippen molar-refractivity contribution in [2.45, 2.75) is 26.0 Å². The molecule has 2 fully saturated rings. The molecular weight excluding hydrogens is 272 g/mol. The summed E-state index contributed by atoms with van der Waals surface area (Å²) in [5.41, 5.74) is 0. The summed E-state index contributed by atoms with van der Waals surface area (Å²) < 4.78 is 16.2. The van der Waals surface area contributed by atoms with Gasteiger partial charge in [-0.3, -0.25) is 14.6 Å². The number of methoxy groups -OCH3 is 1. The van der Waals surface area contributed by atoms with Crippen LogP contribution in [-0.2, 0) is 19.0 Å². The Bertz CT molecular complexity index is 338. The number of carbonyl (C=O) groups is 1. The van der Waals surface area contributed by atoms with Gasteiger partial charge in [-0.2, -0.15) is 0 Å². The molecule has 0 aromatic heterocycles. The van der Waals surface area contributed by atoms with E-state index in [0.717, 1.165) is 39.3 Å². The highest BCUT2D eigenvalue weighted by Gasteiger charge is 2.33. The van der Waals surface area contributed by atoms with Gasteiger partial charge in [-0.1, -0.05) is 13.8 Å². The zero-order chi connectivity index (χ0) is 15.2. The van der Waals surface area contributed by atoms with Crippen molar-refractivity contribution < 1.29 is 19.0 Å². The molecule has 0 N–H and O–H groups in total. The lowest BCUT2D eigenvalue weighted by molar-refractivity contribution is -0.155. The fourth-order valence-corrected chi connectivity index (χ4v) is 3.04. The number of hydrogen-bond donors (Lipinski definition) is 0. The molecule has 0 spiro atoms. The van der Waals surface area contributed by atoms with Crippen LogP contribution in [0.15, 0.2) is 0 Å². The van der Waals surface area contributed by atoms with Crippen molar-refractivity contribution >= 4 is 5.97 Å². The Labute approximate surface area is 127 Å². The molecule has 2 unspecified atom stereocenters. The standard InChI is InChI=1S/C15H28N2O4/c1-12(2)8-16-4-7-21-13(9-16)10-17-5-6-20-11-14(17)15(18)19-3/h12-14H,4-11H2,1-3H3. The van der Waals surface area contributed by atoms with E-state index in [1.165, 1.54) is 7.11 Å². The lowest BCUT2D eigenvalue weighted by atomic mass is 10.1. The van der Waals surface area contributed by atoms with Gasteiger partial charge >= 0.3 is 5.97 Å². The maximum absolute atomic E-state index is 11.8. The summed E-state index contributed by atoms with van der Waals surface area (Å²) in [6.07, 6.45) is 0.155. The van der Waals surface area contributed by atoms with Gasteiger partial charge in [0, 0.05) is 32.7 Å². The summed E-state index contributed by atoms with van der Waals surface area (Å²) in [7, 11) is 1.43. The quantitative estimate of drug-likeness (QED) is 0.677. The normalized spacial score (nSPS) is 28.8. The topological polar surface area (TPSA) is 51.2 Å². The second kappa shape index (κ2) is 8.08. The van der Waals surface area contributed by atoms with E-state index in [4.69, 9.17) is 14.2 Å². The molecule has 2 atom stereocenters. The highest BCUT2D eigenvalue weighted by molar-refractivity contribution is 5.75. The molecule has 0 aromatic rings. The maximum atomic E-state index is 11.8. The molecule has 2 heterocycles. The van der Waals surface area contributed by atoms with Crippen molar-refractivity contribution in [3.63, 3.8) is 0 Å². The van der Waals surface area contributed by atoms with Crippen LogP contribution < -0.4 is 0 Å². The minimum atomic E-state index is -0.298. The van der Waals surface area contributed by atoms with Gasteiger partial charge in [-0.25, -0.2) is 0 Å². The van der Waals surface area contributed by atoms with Crippen LogP contribution in [0, 0.1) is 5.92 Å². The summed E-state index contributed by atoms with van der Waals surface area (Å²) in [6, 6.07) is -0.298. The average molecular weight is 300 g/mol. The Morgan fingerprint density at radius 2 is 2.14 bits per heavy atom. The number of morpholine rings is 2. The zero-order valence-electron chi connectivity index (χ0n) is 13.4. The van der Waals surface area contributed by atoms with E-state index in [2.05, 4.69) is 23.6 Å². The third-order valence-corrected chi connectivity index (χ3v) is 4.00. The van der Waals surface area contributed by atoms with E-state index in [-0.39, 0.29) is 18.1 Å². The molecule has 0 radical (unpaired) electrons. The van der Waals surface area contributed by atoms with E-state index >= 15 is 0 Å². The van der Waals surface area contributed by atoms with Crippen LogP contribution in [0.1, 0.15) is 13.8 Å². The van der Waals surface area contributed by atoms with Gasteiger partial charge in [-0.15, -0.1) is 0 Å². The smallest absolute Gasteiger partial charge is 0.325 e. The number of nitrogens with zero attached hydrogens (tertiary/aromatic N) is 2. The Morgan fingerprint density at radius 3 is 2.86 bits per heavy atom. The molecule has 0 aliphatic carbocycles. The Hall–Kier alpha value is -0.690. The van der Waals surface area contributed by atoms with E-state index < -0.39 is 0 Å². The largest absolute Gasteiger partial charge is 0.468 e. The van der Waals surface area contributed by atoms with Crippen molar-refractivity contribution in [2.24, 2.45) is 5.92 Å². The maximum Gasteiger partial charge on any atom is 0.325 e. The van der Waals surface area contributed by atoms with Crippen molar-refractivity contribution in [1.82, 2.24) is 9.80 Å². The van der Waals surface area contributed by atoms with Crippen LogP contribution in [0.2, 0.25) is 0 Å². The number of carbonyl (C=O) groups excluding carboxylic acids is 1. The summed E-state index contributed by atoms with van der Waals surface area (Å²) in [5.74, 6) is 0.444. The summed E-state index contributed by atoms with van der Waals surface area (Å²) in [6.45, 7) is 10.9. The third-order valence-electron chi connectivity index (χ3n) is 4.00. The highest BCUT2D eigenvalue weighted by Crippen LogP contribution is 2.14. The third kappa shape index (κ3) is 4.92. The van der Waals surface area contributed by atoms with Crippen molar-refractivity contribution in [3.05, 3.63) is 0 Å². The molecule has 0 saturated carbocycles. The number of rotatable bonds is 5. The predicted octanol–water partition coefficient (Wildman–Crippen LogP) is 0.217. The van der Waals surface area contributed by atoms with Crippen molar-refractivity contribution in [3.8, 4) is 0 Å². The summed E-state index contributed by atoms with van der Waals surface area (Å²) in [4.78, 5) is 16.4. The molecule has 122 valence electrons. The molecule has 6 nitrogen and oxygen atoms in total. The van der Waals surface area contributed by atoms with Crippen LogP contribution in [0.3, 0.4) is 0 Å².